The van der Waals surface area contributed by atoms with Crippen molar-refractivity contribution < 1.29 is 14.3 Å². The van der Waals surface area contributed by atoms with E-state index in [0.717, 1.165) is 0 Å². The fourth-order valence-corrected chi connectivity index (χ4v) is 0.258. The summed E-state index contributed by atoms with van der Waals surface area (Å²) in [5.74, 6) is 0.259. The smallest absolute Gasteiger partial charge is 0.332 e. The molecule has 0 N–H and O–H groups in total. The third kappa shape index (κ3) is 13.1. The van der Waals surface area contributed by atoms with Crippen molar-refractivity contribution in [2.45, 2.75) is 14.4 Å². The van der Waals surface area contributed by atoms with Crippen molar-refractivity contribution in [3.8, 4) is 0 Å². The molecule has 0 saturated carbocycles. The highest BCUT2D eigenvalue weighted by molar-refractivity contribution is 5.86. The van der Waals surface area contributed by atoms with Gasteiger partial charge in [0.2, 0.25) is 0 Å². The summed E-state index contributed by atoms with van der Waals surface area (Å²) in [5, 5.41) is 0. The standard InChI is InChI=1S/C5H8O2.C5H8O.CH4/c1-4(2)5(6)7-3;1-4-5(2)6-3;/h1H2,2-3H3;4H,1-2H2,3H3;1H4. The highest BCUT2D eigenvalue weighted by Crippen LogP contribution is 1.87. The fourth-order valence-electron chi connectivity index (χ4n) is 0.258. The Kier molecular flexibility index (Phi) is 15.0. The van der Waals surface area contributed by atoms with Crippen LogP contribution in [-0.2, 0) is 14.3 Å². The van der Waals surface area contributed by atoms with Crippen LogP contribution in [0.25, 0.3) is 0 Å². The lowest BCUT2D eigenvalue weighted by atomic mass is 10.4. The predicted molar refractivity (Wildman–Crippen MR) is 59.9 cm³/mol. The van der Waals surface area contributed by atoms with Gasteiger partial charge in [0.15, 0.2) is 0 Å². The molecule has 0 bridgehead atoms. The zero-order chi connectivity index (χ0) is 10.9. The molecule has 0 heterocycles. The lowest BCUT2D eigenvalue weighted by Gasteiger charge is -1.91. The van der Waals surface area contributed by atoms with Gasteiger partial charge in [-0.05, 0) is 13.0 Å². The van der Waals surface area contributed by atoms with Crippen molar-refractivity contribution in [1.82, 2.24) is 0 Å². The van der Waals surface area contributed by atoms with Crippen LogP contribution < -0.4 is 0 Å². The maximum absolute atomic E-state index is 10.2. The molecule has 14 heavy (non-hydrogen) atoms. The van der Waals surface area contributed by atoms with Crippen molar-refractivity contribution >= 4 is 5.97 Å². The van der Waals surface area contributed by atoms with Crippen LogP contribution in [0, 0.1) is 0 Å². The summed E-state index contributed by atoms with van der Waals surface area (Å²) < 4.78 is 8.86. The fraction of sp³-hybridized carbons (Fsp3) is 0.364. The van der Waals surface area contributed by atoms with Gasteiger partial charge in [-0.1, -0.05) is 27.2 Å². The zero-order valence-electron chi connectivity index (χ0n) is 8.42. The SMILES string of the molecule is C.C=C(C)C(=O)OC.C=CC(=C)OC. The summed E-state index contributed by atoms with van der Waals surface area (Å²) in [6.07, 6.45) is 1.56. The zero-order valence-corrected chi connectivity index (χ0v) is 8.42. The number of carbonyl (C=O) groups excluding carboxylic acids is 1. The Bertz CT molecular complexity index is 205. The van der Waals surface area contributed by atoms with Gasteiger partial charge >= 0.3 is 5.97 Å². The first kappa shape index (κ1) is 18.3. The van der Waals surface area contributed by atoms with Crippen LogP contribution in [0.1, 0.15) is 14.4 Å². The van der Waals surface area contributed by atoms with Crippen LogP contribution in [0.2, 0.25) is 0 Å². The van der Waals surface area contributed by atoms with Gasteiger partial charge in [-0.3, -0.25) is 0 Å². The topological polar surface area (TPSA) is 35.5 Å². The molecule has 0 radical (unpaired) electrons. The van der Waals surface area contributed by atoms with Crippen LogP contribution in [0.15, 0.2) is 37.1 Å². The molecule has 0 amide bonds. The summed E-state index contributed by atoms with van der Waals surface area (Å²) in [7, 11) is 2.89. The largest absolute Gasteiger partial charge is 0.497 e. The third-order valence-electron chi connectivity index (χ3n) is 1.02. The summed E-state index contributed by atoms with van der Waals surface area (Å²) in [5.41, 5.74) is 0.433. The molecule has 3 nitrogen and oxygen atoms in total. The van der Waals surface area contributed by atoms with Crippen LogP contribution in [0.3, 0.4) is 0 Å². The van der Waals surface area contributed by atoms with Crippen LogP contribution in [0.4, 0.5) is 0 Å². The number of hydrogen-bond donors (Lipinski definition) is 0. The highest BCUT2D eigenvalue weighted by Gasteiger charge is 1.95. The van der Waals surface area contributed by atoms with E-state index in [1.807, 2.05) is 0 Å². The maximum Gasteiger partial charge on any atom is 0.332 e. The van der Waals surface area contributed by atoms with Gasteiger partial charge in [-0.2, -0.15) is 0 Å². The van der Waals surface area contributed by atoms with E-state index >= 15 is 0 Å². The molecule has 0 aromatic rings. The monoisotopic (exact) mass is 200 g/mol. The molecular weight excluding hydrogens is 180 g/mol. The quantitative estimate of drug-likeness (QED) is 0.304. The Morgan fingerprint density at radius 2 is 1.64 bits per heavy atom. The van der Waals surface area contributed by atoms with Crippen molar-refractivity contribution in [2.75, 3.05) is 14.2 Å². The molecule has 0 unspecified atom stereocenters. The molecule has 0 aliphatic rings. The van der Waals surface area contributed by atoms with Crippen molar-refractivity contribution in [3.63, 3.8) is 0 Å². The summed E-state index contributed by atoms with van der Waals surface area (Å²) >= 11 is 0. The first-order valence-electron chi connectivity index (χ1n) is 3.58. The van der Waals surface area contributed by atoms with Crippen molar-refractivity contribution in [1.29, 1.82) is 0 Å². The predicted octanol–water partition coefficient (Wildman–Crippen LogP) is 2.70. The average Bonchev–Trinajstić information content (AvgIpc) is 2.16. The minimum Gasteiger partial charge on any atom is -0.497 e. The van der Waals surface area contributed by atoms with Gasteiger partial charge in [-0.15, -0.1) is 0 Å². The Balaban J connectivity index is -0.000000163. The first-order chi connectivity index (χ1) is 5.99. The number of ether oxygens (including phenoxy) is 2. The number of methoxy groups -OCH3 is 2. The number of rotatable bonds is 3. The Hall–Kier alpha value is -1.51. The van der Waals surface area contributed by atoms with Crippen molar-refractivity contribution in [3.05, 3.63) is 37.1 Å². The second-order valence-corrected chi connectivity index (χ2v) is 2.15. The molecule has 0 fully saturated rings. The summed E-state index contributed by atoms with van der Waals surface area (Å²) in [6.45, 7) is 11.8. The first-order valence-corrected chi connectivity index (χ1v) is 3.58. The highest BCUT2D eigenvalue weighted by atomic mass is 16.5. The number of allylic oxidation sites excluding steroid dienone is 1. The lowest BCUT2D eigenvalue weighted by molar-refractivity contribution is -0.136. The molecule has 3 heteroatoms. The molecule has 0 aromatic heterocycles. The second-order valence-electron chi connectivity index (χ2n) is 2.15. The van der Waals surface area contributed by atoms with Gasteiger partial charge in [-0.25, -0.2) is 4.79 Å². The molecule has 0 aliphatic carbocycles. The van der Waals surface area contributed by atoms with Crippen LogP contribution in [0.5, 0.6) is 0 Å². The van der Waals surface area contributed by atoms with E-state index in [4.69, 9.17) is 0 Å². The number of carbonyl (C=O) groups is 1. The molecule has 0 spiro atoms. The van der Waals surface area contributed by atoms with Gasteiger partial charge < -0.3 is 9.47 Å². The van der Waals surface area contributed by atoms with E-state index in [-0.39, 0.29) is 13.4 Å². The molecule has 0 saturated heterocycles. The van der Waals surface area contributed by atoms with E-state index in [1.54, 1.807) is 20.1 Å². The second kappa shape index (κ2) is 11.5. The van der Waals surface area contributed by atoms with E-state index in [9.17, 15) is 4.79 Å². The number of esters is 1. The molecule has 0 aromatic carbocycles. The Morgan fingerprint density at radius 3 is 1.64 bits per heavy atom. The maximum atomic E-state index is 10.2. The van der Waals surface area contributed by atoms with Gasteiger partial charge in [0.05, 0.1) is 14.2 Å². The van der Waals surface area contributed by atoms with Gasteiger partial charge in [0.1, 0.15) is 5.76 Å². The van der Waals surface area contributed by atoms with Crippen molar-refractivity contribution in [2.24, 2.45) is 0 Å². The lowest BCUT2D eigenvalue weighted by Crippen LogP contribution is -1.98. The molecular formula is C11H20O3. The van der Waals surface area contributed by atoms with Crippen LogP contribution >= 0.6 is 0 Å². The molecule has 0 aliphatic heterocycles. The average molecular weight is 200 g/mol. The minimum atomic E-state index is -0.347. The molecule has 0 rings (SSSR count). The van der Waals surface area contributed by atoms with E-state index in [1.165, 1.54) is 7.11 Å². The summed E-state index contributed by atoms with van der Waals surface area (Å²) in [6, 6.07) is 0. The van der Waals surface area contributed by atoms with E-state index < -0.39 is 0 Å². The van der Waals surface area contributed by atoms with Gasteiger partial charge in [0, 0.05) is 5.57 Å². The molecule has 82 valence electrons. The third-order valence-corrected chi connectivity index (χ3v) is 1.02. The van der Waals surface area contributed by atoms with E-state index in [2.05, 4.69) is 29.2 Å². The van der Waals surface area contributed by atoms with Crippen LogP contribution in [-0.4, -0.2) is 20.2 Å². The van der Waals surface area contributed by atoms with E-state index in [0.29, 0.717) is 11.3 Å². The van der Waals surface area contributed by atoms with Gasteiger partial charge in [0.25, 0.3) is 0 Å². The Labute approximate surface area is 86.7 Å². The Morgan fingerprint density at radius 1 is 1.21 bits per heavy atom. The number of hydrogen-bond acceptors (Lipinski definition) is 3. The molecule has 0 atom stereocenters. The summed E-state index contributed by atoms with van der Waals surface area (Å²) in [4.78, 5) is 10.2. The normalized spacial score (nSPS) is 6.79. The minimum absolute atomic E-state index is 0.